The van der Waals surface area contributed by atoms with Crippen LogP contribution in [0.5, 0.6) is 0 Å². The molecule has 4 rings (SSSR count). The summed E-state index contributed by atoms with van der Waals surface area (Å²) in [5, 5.41) is 7.68. The predicted molar refractivity (Wildman–Crippen MR) is 125 cm³/mol. The Balaban J connectivity index is 1.34. The van der Waals surface area contributed by atoms with Crippen LogP contribution in [-0.4, -0.2) is 37.3 Å². The van der Waals surface area contributed by atoms with Crippen molar-refractivity contribution in [3.8, 4) is 5.69 Å². The minimum Gasteiger partial charge on any atom is -0.334 e. The van der Waals surface area contributed by atoms with E-state index in [2.05, 4.69) is 27.5 Å². The second-order valence-electron chi connectivity index (χ2n) is 7.96. The Morgan fingerprint density at radius 1 is 1.03 bits per heavy atom. The molecule has 2 amide bonds. The van der Waals surface area contributed by atoms with E-state index in [9.17, 15) is 4.79 Å². The van der Waals surface area contributed by atoms with Crippen molar-refractivity contribution < 1.29 is 4.79 Å². The molecule has 0 aliphatic carbocycles. The summed E-state index contributed by atoms with van der Waals surface area (Å²) >= 11 is 0. The number of nitrogens with one attached hydrogen (secondary N) is 1. The number of carbonyl (C=O) groups is 1. The van der Waals surface area contributed by atoms with Gasteiger partial charge in [-0.1, -0.05) is 42.5 Å². The predicted octanol–water partition coefficient (Wildman–Crippen LogP) is 4.08. The molecule has 7 heteroatoms. The van der Waals surface area contributed by atoms with E-state index >= 15 is 0 Å². The lowest BCUT2D eigenvalue weighted by Gasteiger charge is -2.18. The number of carbonyl (C=O) groups excluding carboxylic acids is 1. The van der Waals surface area contributed by atoms with Gasteiger partial charge in [0.05, 0.1) is 24.3 Å². The number of para-hydroxylation sites is 1. The summed E-state index contributed by atoms with van der Waals surface area (Å²) in [6.45, 7) is 5.79. The van der Waals surface area contributed by atoms with E-state index in [1.54, 1.807) is 17.4 Å². The smallest absolute Gasteiger partial charge is 0.317 e. The number of urea groups is 1. The van der Waals surface area contributed by atoms with Crippen molar-refractivity contribution in [3.05, 3.63) is 101 Å². The molecule has 0 atom stereocenters. The summed E-state index contributed by atoms with van der Waals surface area (Å²) in [6.07, 6.45) is 5.52. The molecule has 0 radical (unpaired) electrons. The zero-order valence-electron chi connectivity index (χ0n) is 18.7. The lowest BCUT2D eigenvalue weighted by molar-refractivity contribution is 0.206. The molecule has 0 saturated carbocycles. The van der Waals surface area contributed by atoms with Gasteiger partial charge in [0.1, 0.15) is 0 Å². The van der Waals surface area contributed by atoms with Gasteiger partial charge in [0.2, 0.25) is 0 Å². The Bertz CT molecular complexity index is 1160. The highest BCUT2D eigenvalue weighted by molar-refractivity contribution is 5.73. The third kappa shape index (κ3) is 4.88. The fraction of sp³-hybridized carbons (Fsp3) is 0.240. The fourth-order valence-corrected chi connectivity index (χ4v) is 3.70. The zero-order valence-corrected chi connectivity index (χ0v) is 18.7. The first-order valence-corrected chi connectivity index (χ1v) is 10.6. The van der Waals surface area contributed by atoms with Crippen LogP contribution in [0.3, 0.4) is 0 Å². The van der Waals surface area contributed by atoms with E-state index in [0.717, 1.165) is 34.7 Å². The van der Waals surface area contributed by atoms with Crippen LogP contribution >= 0.6 is 0 Å². The third-order valence-corrected chi connectivity index (χ3v) is 5.57. The molecule has 0 fully saturated rings. The highest BCUT2D eigenvalue weighted by Crippen LogP contribution is 2.19. The van der Waals surface area contributed by atoms with Crippen LogP contribution in [-0.2, 0) is 19.6 Å². The van der Waals surface area contributed by atoms with Gasteiger partial charge >= 0.3 is 6.03 Å². The molecule has 0 bridgehead atoms. The molecule has 0 unspecified atom stereocenters. The van der Waals surface area contributed by atoms with Gasteiger partial charge < -0.3 is 14.8 Å². The number of aryl methyl sites for hydroxylation is 1. The van der Waals surface area contributed by atoms with E-state index in [1.165, 1.54) is 5.56 Å². The summed E-state index contributed by atoms with van der Waals surface area (Å²) in [6, 6.07) is 18.2. The van der Waals surface area contributed by atoms with Gasteiger partial charge in [-0.25, -0.2) is 14.5 Å². The van der Waals surface area contributed by atoms with Crippen LogP contribution in [0, 0.1) is 13.8 Å². The van der Waals surface area contributed by atoms with Crippen LogP contribution in [0.1, 0.15) is 28.1 Å². The van der Waals surface area contributed by atoms with E-state index in [4.69, 9.17) is 0 Å². The van der Waals surface area contributed by atoms with Gasteiger partial charge in [0, 0.05) is 43.8 Å². The van der Waals surface area contributed by atoms with E-state index < -0.39 is 0 Å². The number of hydrogen-bond donors (Lipinski definition) is 1. The first kappa shape index (κ1) is 21.4. The molecule has 1 N–H and O–H groups in total. The first-order chi connectivity index (χ1) is 15.5. The lowest BCUT2D eigenvalue weighted by Crippen LogP contribution is -2.36. The van der Waals surface area contributed by atoms with Crippen molar-refractivity contribution in [2.24, 2.45) is 0 Å². The maximum Gasteiger partial charge on any atom is 0.317 e. The molecule has 7 nitrogen and oxygen atoms in total. The molecule has 32 heavy (non-hydrogen) atoms. The molecule has 0 aliphatic heterocycles. The van der Waals surface area contributed by atoms with Crippen LogP contribution in [0.25, 0.3) is 5.69 Å². The van der Waals surface area contributed by atoms with Crippen molar-refractivity contribution in [1.29, 1.82) is 0 Å². The van der Waals surface area contributed by atoms with Crippen molar-refractivity contribution in [3.63, 3.8) is 0 Å². The van der Waals surface area contributed by atoms with Crippen LogP contribution in [0.2, 0.25) is 0 Å². The van der Waals surface area contributed by atoms with Gasteiger partial charge in [-0.15, -0.1) is 0 Å². The SMILES string of the molecule is Cc1nn(-c2ccccc2)c(C)c1CN(C)C(=O)NCc1ccc(Cn2ccnc2)cc1. The maximum atomic E-state index is 12.7. The quantitative estimate of drug-likeness (QED) is 0.482. The van der Waals surface area contributed by atoms with Gasteiger partial charge in [-0.3, -0.25) is 0 Å². The third-order valence-electron chi connectivity index (χ3n) is 5.57. The highest BCUT2D eigenvalue weighted by atomic mass is 16.2. The van der Waals surface area contributed by atoms with Crippen LogP contribution in [0.4, 0.5) is 4.79 Å². The minimum atomic E-state index is -0.112. The summed E-state index contributed by atoms with van der Waals surface area (Å²) in [4.78, 5) is 18.4. The molecule has 4 aromatic rings. The van der Waals surface area contributed by atoms with Crippen molar-refractivity contribution >= 4 is 6.03 Å². The highest BCUT2D eigenvalue weighted by Gasteiger charge is 2.17. The molecule has 2 aromatic heterocycles. The molecule has 2 heterocycles. The lowest BCUT2D eigenvalue weighted by atomic mass is 10.1. The van der Waals surface area contributed by atoms with Gasteiger partial charge in [-0.2, -0.15) is 5.10 Å². The average molecular weight is 429 g/mol. The molecule has 2 aromatic carbocycles. The summed E-state index contributed by atoms with van der Waals surface area (Å²) in [5.74, 6) is 0. The standard InChI is InChI=1S/C25H28N6O/c1-19-24(20(2)31(28-19)23-7-5-4-6-8-23)17-29(3)25(32)27-15-21-9-11-22(12-10-21)16-30-14-13-26-18-30/h4-14,18H,15-17H2,1-3H3,(H,27,32). The van der Waals surface area contributed by atoms with Crippen molar-refractivity contribution in [2.45, 2.75) is 33.5 Å². The van der Waals surface area contributed by atoms with E-state index in [1.807, 2.05) is 78.8 Å². The van der Waals surface area contributed by atoms with Gasteiger partial charge in [0.15, 0.2) is 0 Å². The first-order valence-electron chi connectivity index (χ1n) is 10.6. The van der Waals surface area contributed by atoms with Gasteiger partial charge in [-0.05, 0) is 37.1 Å². The normalized spacial score (nSPS) is 10.8. The number of hydrogen-bond acceptors (Lipinski definition) is 3. The van der Waals surface area contributed by atoms with Crippen molar-refractivity contribution in [1.82, 2.24) is 29.5 Å². The Morgan fingerprint density at radius 2 is 1.75 bits per heavy atom. The Morgan fingerprint density at radius 3 is 2.44 bits per heavy atom. The number of amides is 2. The minimum absolute atomic E-state index is 0.112. The van der Waals surface area contributed by atoms with E-state index in [0.29, 0.717) is 13.1 Å². The Kier molecular flexibility index (Phi) is 6.35. The summed E-state index contributed by atoms with van der Waals surface area (Å²) in [7, 11) is 1.81. The Hall–Kier alpha value is -3.87. The maximum absolute atomic E-state index is 12.7. The summed E-state index contributed by atoms with van der Waals surface area (Å²) < 4.78 is 3.96. The number of imidazole rings is 1. The second-order valence-corrected chi connectivity index (χ2v) is 7.96. The van der Waals surface area contributed by atoms with Crippen molar-refractivity contribution in [2.75, 3.05) is 7.05 Å². The Labute approximate surface area is 188 Å². The second kappa shape index (κ2) is 9.51. The number of rotatable bonds is 7. The fourth-order valence-electron chi connectivity index (χ4n) is 3.70. The zero-order chi connectivity index (χ0) is 22.5. The average Bonchev–Trinajstić information content (AvgIpc) is 3.42. The number of aromatic nitrogens is 4. The molecule has 0 spiro atoms. The molecular weight excluding hydrogens is 400 g/mol. The number of benzene rings is 2. The molecular formula is C25H28N6O. The topological polar surface area (TPSA) is 68.0 Å². The monoisotopic (exact) mass is 428 g/mol. The van der Waals surface area contributed by atoms with E-state index in [-0.39, 0.29) is 6.03 Å². The largest absolute Gasteiger partial charge is 0.334 e. The molecule has 0 aliphatic rings. The number of nitrogens with zero attached hydrogens (tertiary/aromatic N) is 5. The molecule has 164 valence electrons. The summed E-state index contributed by atoms with van der Waals surface area (Å²) in [5.41, 5.74) is 6.31. The molecule has 0 saturated heterocycles. The van der Waals surface area contributed by atoms with Crippen LogP contribution < -0.4 is 5.32 Å². The van der Waals surface area contributed by atoms with Crippen LogP contribution in [0.15, 0.2) is 73.3 Å². The van der Waals surface area contributed by atoms with Gasteiger partial charge in [0.25, 0.3) is 0 Å².